The van der Waals surface area contributed by atoms with E-state index in [1.165, 1.54) is 0 Å². The van der Waals surface area contributed by atoms with Gasteiger partial charge in [0, 0.05) is 63.1 Å². The molecule has 44 heavy (non-hydrogen) atoms. The third-order valence-electron chi connectivity index (χ3n) is 8.36. The second kappa shape index (κ2) is 11.0. The summed E-state index contributed by atoms with van der Waals surface area (Å²) in [6.07, 6.45) is 7.08. The van der Waals surface area contributed by atoms with Crippen LogP contribution in [0.15, 0.2) is 61.2 Å². The van der Waals surface area contributed by atoms with Gasteiger partial charge in [-0.15, -0.1) is 0 Å². The number of nitrogens with zero attached hydrogens (tertiary/aromatic N) is 4. The zero-order chi connectivity index (χ0) is 30.7. The van der Waals surface area contributed by atoms with Crippen molar-refractivity contribution in [1.82, 2.24) is 24.8 Å². The Balaban J connectivity index is 1.42. The van der Waals surface area contributed by atoms with Crippen LogP contribution in [0.4, 0.5) is 5.69 Å². The number of amides is 1. The van der Waals surface area contributed by atoms with Crippen LogP contribution < -0.4 is 10.6 Å². The fraction of sp³-hybridized carbons (Fsp3) is 0.303. The molecule has 2 atom stereocenters. The monoisotopic (exact) mass is 629 g/mol. The van der Waals surface area contributed by atoms with Gasteiger partial charge in [-0.3, -0.25) is 19.7 Å². The first-order valence-corrected chi connectivity index (χ1v) is 15.4. The van der Waals surface area contributed by atoms with Crippen LogP contribution in [0.2, 0.25) is 10.0 Å². The Morgan fingerprint density at radius 2 is 1.64 bits per heavy atom. The van der Waals surface area contributed by atoms with E-state index in [1.54, 1.807) is 29.7 Å². The third kappa shape index (κ3) is 5.18. The molecule has 1 fully saturated rings. The molecule has 1 aliphatic heterocycles. The van der Waals surface area contributed by atoms with Crippen molar-refractivity contribution < 1.29 is 9.53 Å². The number of carbonyl (C=O) groups excluding carboxylic acids is 1. The largest absolute Gasteiger partial charge is 0.372 e. The van der Waals surface area contributed by atoms with Gasteiger partial charge in [-0.1, -0.05) is 23.2 Å². The Bertz CT molecular complexity index is 2050. The van der Waals surface area contributed by atoms with Crippen molar-refractivity contribution in [3.8, 4) is 0 Å². The van der Waals surface area contributed by atoms with Gasteiger partial charge in [0.15, 0.2) is 0 Å². The topological polar surface area (TPSA) is 116 Å². The van der Waals surface area contributed by atoms with Crippen molar-refractivity contribution in [3.63, 3.8) is 0 Å². The lowest BCUT2D eigenvalue weighted by molar-refractivity contribution is -0.145. The summed E-state index contributed by atoms with van der Waals surface area (Å²) < 4.78 is 6.23. The van der Waals surface area contributed by atoms with E-state index in [0.29, 0.717) is 28.8 Å². The molecular formula is C33H33Cl2N7O2. The maximum Gasteiger partial charge on any atom is 0.247 e. The van der Waals surface area contributed by atoms with Crippen LogP contribution in [0.3, 0.4) is 0 Å². The van der Waals surface area contributed by atoms with Crippen molar-refractivity contribution in [2.24, 2.45) is 5.73 Å². The molecule has 5 heterocycles. The number of nitrogens with one attached hydrogen (secondary N) is 2. The number of H-pyrrole nitrogens is 2. The van der Waals surface area contributed by atoms with Gasteiger partial charge in [0.05, 0.1) is 58.9 Å². The molecule has 11 heteroatoms. The Morgan fingerprint density at radius 1 is 1.02 bits per heavy atom. The number of hydrogen-bond acceptors (Lipinski definition) is 6. The molecule has 6 aromatic rings. The van der Waals surface area contributed by atoms with E-state index >= 15 is 0 Å². The fourth-order valence-corrected chi connectivity index (χ4v) is 6.95. The number of rotatable bonds is 6. The lowest BCUT2D eigenvalue weighted by atomic mass is 10.0. The highest BCUT2D eigenvalue weighted by atomic mass is 35.5. The zero-order valence-corrected chi connectivity index (χ0v) is 26.2. The molecule has 0 spiro atoms. The molecule has 0 bridgehead atoms. The number of hydrogen-bond donors (Lipinski definition) is 3. The number of halogens is 2. The Labute approximate surface area is 264 Å². The Morgan fingerprint density at radius 3 is 2.30 bits per heavy atom. The molecule has 2 aromatic carbocycles. The van der Waals surface area contributed by atoms with E-state index in [9.17, 15) is 4.79 Å². The molecule has 7 rings (SSSR count). The molecular weight excluding hydrogens is 597 g/mol. The summed E-state index contributed by atoms with van der Waals surface area (Å²) in [7, 11) is 0. The minimum Gasteiger partial charge on any atom is -0.372 e. The fourth-order valence-electron chi connectivity index (χ4n) is 6.50. The normalized spacial score (nSPS) is 18.0. The number of benzene rings is 2. The highest BCUT2D eigenvalue weighted by Crippen LogP contribution is 2.38. The average Bonchev–Trinajstić information content (AvgIpc) is 3.53. The van der Waals surface area contributed by atoms with Gasteiger partial charge < -0.3 is 25.3 Å². The van der Waals surface area contributed by atoms with E-state index in [1.807, 2.05) is 57.2 Å². The number of nitrogens with two attached hydrogens (primary N) is 1. The molecule has 4 N–H and O–H groups in total. The first-order valence-electron chi connectivity index (χ1n) is 14.6. The molecule has 0 unspecified atom stereocenters. The highest BCUT2D eigenvalue weighted by molar-refractivity contribution is 6.33. The smallest absolute Gasteiger partial charge is 0.247 e. The summed E-state index contributed by atoms with van der Waals surface area (Å²) in [6.45, 7) is 7.60. The summed E-state index contributed by atoms with van der Waals surface area (Å²) in [5, 5.41) is 4.95. The van der Waals surface area contributed by atoms with Crippen LogP contribution in [0.5, 0.6) is 0 Å². The predicted molar refractivity (Wildman–Crippen MR) is 177 cm³/mol. The van der Waals surface area contributed by atoms with Crippen molar-refractivity contribution in [2.75, 3.05) is 24.6 Å². The molecule has 226 valence electrons. The van der Waals surface area contributed by atoms with Crippen molar-refractivity contribution in [2.45, 2.75) is 45.0 Å². The maximum atomic E-state index is 14.9. The molecule has 0 radical (unpaired) electrons. The third-order valence-corrected chi connectivity index (χ3v) is 8.79. The highest BCUT2D eigenvalue weighted by Gasteiger charge is 2.40. The lowest BCUT2D eigenvalue weighted by Gasteiger charge is -2.44. The van der Waals surface area contributed by atoms with Crippen LogP contribution in [0.1, 0.15) is 26.3 Å². The molecule has 0 aliphatic carbocycles. The first-order chi connectivity index (χ1) is 21.1. The molecule has 0 saturated carbocycles. The van der Waals surface area contributed by atoms with Gasteiger partial charge in [-0.25, -0.2) is 0 Å². The van der Waals surface area contributed by atoms with Gasteiger partial charge in [0.25, 0.3) is 0 Å². The van der Waals surface area contributed by atoms with Crippen LogP contribution in [-0.2, 0) is 16.1 Å². The number of aromatic amines is 2. The summed E-state index contributed by atoms with van der Waals surface area (Å²) in [5.41, 5.74) is 10.8. The molecule has 1 amide bonds. The standard InChI is InChI=1S/C33H33Cl2N7O2/c1-18(36)14-41-17-33(2,3)44-16-29(41)32(43)42(28-11-21(35)10-25-23-5-7-38-13-27(23)40-31(25)28)15-19-8-20(34)9-24-22-4-6-37-12-26(22)39-30(19)24/h4-13,18,29,39-40H,14-17,36H2,1-3H3/t18-,29-/m0/s1. The predicted octanol–water partition coefficient (Wildman–Crippen LogP) is 6.41. The summed E-state index contributed by atoms with van der Waals surface area (Å²) in [5.74, 6) is -0.118. The van der Waals surface area contributed by atoms with E-state index in [0.717, 1.165) is 49.2 Å². The summed E-state index contributed by atoms with van der Waals surface area (Å²) in [4.78, 5) is 34.4. The van der Waals surface area contributed by atoms with Crippen LogP contribution in [0.25, 0.3) is 43.6 Å². The van der Waals surface area contributed by atoms with Crippen LogP contribution in [-0.4, -0.2) is 68.1 Å². The second-order valence-corrected chi connectivity index (χ2v) is 13.2. The van der Waals surface area contributed by atoms with Gasteiger partial charge >= 0.3 is 0 Å². The molecule has 9 nitrogen and oxygen atoms in total. The number of anilines is 1. The van der Waals surface area contributed by atoms with Gasteiger partial charge in [0.2, 0.25) is 5.91 Å². The molecule has 1 aliphatic rings. The number of aromatic nitrogens is 4. The number of ether oxygens (including phenoxy) is 1. The quantitative estimate of drug-likeness (QED) is 0.196. The van der Waals surface area contributed by atoms with Crippen molar-refractivity contribution >= 4 is 78.4 Å². The number of morpholine rings is 1. The Kier molecular flexibility index (Phi) is 7.26. The first kappa shape index (κ1) is 29.0. The van der Waals surface area contributed by atoms with E-state index in [4.69, 9.17) is 33.7 Å². The minimum atomic E-state index is -0.560. The zero-order valence-electron chi connectivity index (χ0n) is 24.7. The van der Waals surface area contributed by atoms with E-state index in [2.05, 4.69) is 24.8 Å². The number of fused-ring (bicyclic) bond motifs is 6. The van der Waals surface area contributed by atoms with E-state index < -0.39 is 11.6 Å². The van der Waals surface area contributed by atoms with Gasteiger partial charge in [-0.05, 0) is 62.7 Å². The van der Waals surface area contributed by atoms with Gasteiger partial charge in [0.1, 0.15) is 6.04 Å². The molecule has 1 saturated heterocycles. The molecule has 4 aromatic heterocycles. The van der Waals surface area contributed by atoms with E-state index in [-0.39, 0.29) is 25.1 Å². The number of carbonyl (C=O) groups is 1. The van der Waals surface area contributed by atoms with Crippen LogP contribution >= 0.6 is 23.2 Å². The SMILES string of the molecule is C[C@H](N)CN1CC(C)(C)OC[C@H]1C(=O)N(Cc1cc(Cl)cc2c1[nH]c1cnccc12)c1cc(Cl)cc2c1[nH]c1cnccc12. The van der Waals surface area contributed by atoms with Crippen molar-refractivity contribution in [3.05, 3.63) is 76.8 Å². The Hall–Kier alpha value is -3.73. The maximum absolute atomic E-state index is 14.9. The summed E-state index contributed by atoms with van der Waals surface area (Å²) in [6, 6.07) is 10.8. The summed E-state index contributed by atoms with van der Waals surface area (Å²) >= 11 is 13.5. The number of pyridine rings is 2. The van der Waals surface area contributed by atoms with Gasteiger partial charge in [-0.2, -0.15) is 0 Å². The average molecular weight is 631 g/mol. The van der Waals surface area contributed by atoms with Crippen LogP contribution in [0, 0.1) is 0 Å². The minimum absolute atomic E-state index is 0.118. The van der Waals surface area contributed by atoms with Crippen molar-refractivity contribution in [1.29, 1.82) is 0 Å². The second-order valence-electron chi connectivity index (χ2n) is 12.3. The lowest BCUT2D eigenvalue weighted by Crippen LogP contribution is -2.61.